The van der Waals surface area contributed by atoms with Gasteiger partial charge in [-0.1, -0.05) is 18.2 Å². The molecule has 1 fully saturated rings. The number of aliphatic imine (C=N–C) groups is 1. The quantitative estimate of drug-likeness (QED) is 0.789. The minimum Gasteiger partial charge on any atom is -0.493 e. The van der Waals surface area contributed by atoms with Gasteiger partial charge >= 0.3 is 0 Å². The second-order valence-electron chi connectivity index (χ2n) is 5.34. The van der Waals surface area contributed by atoms with Crippen LogP contribution < -0.4 is 10.1 Å². The highest BCUT2D eigenvalue weighted by Crippen LogP contribution is 2.30. The molecule has 1 aromatic carbocycles. The van der Waals surface area contributed by atoms with Crippen molar-refractivity contribution in [1.82, 2.24) is 10.2 Å². The minimum atomic E-state index is 0. The van der Waals surface area contributed by atoms with Crippen molar-refractivity contribution in [2.75, 3.05) is 26.7 Å². The van der Waals surface area contributed by atoms with Crippen LogP contribution in [0.1, 0.15) is 18.4 Å². The molecule has 5 heteroatoms. The van der Waals surface area contributed by atoms with Crippen LogP contribution in [0, 0.1) is 5.92 Å². The molecule has 0 spiro atoms. The van der Waals surface area contributed by atoms with Crippen molar-refractivity contribution in [2.45, 2.75) is 19.4 Å². The number of guanidine groups is 1. The molecule has 0 atom stereocenters. The number of likely N-dealkylation sites (N-methyl/N-ethyl adjacent to an activating group) is 1. The van der Waals surface area contributed by atoms with Crippen molar-refractivity contribution in [1.29, 1.82) is 0 Å². The van der Waals surface area contributed by atoms with Gasteiger partial charge in [0.2, 0.25) is 0 Å². The number of halogens is 1. The van der Waals surface area contributed by atoms with Crippen molar-refractivity contribution in [3.8, 4) is 5.75 Å². The summed E-state index contributed by atoms with van der Waals surface area (Å²) in [5.41, 5.74) is 1.20. The first-order valence-electron chi connectivity index (χ1n) is 7.03. The number of hydrogen-bond donors (Lipinski definition) is 1. The molecule has 0 aromatic heterocycles. The normalized spacial score (nSPS) is 17.4. The summed E-state index contributed by atoms with van der Waals surface area (Å²) in [6.07, 6.45) is 2.64. The Labute approximate surface area is 137 Å². The van der Waals surface area contributed by atoms with Crippen LogP contribution in [-0.4, -0.2) is 37.6 Å². The Bertz CT molecular complexity index is 474. The second kappa shape index (κ2) is 7.15. The molecule has 0 unspecified atom stereocenters. The zero-order valence-corrected chi connectivity index (χ0v) is 14.2. The molecule has 110 valence electrons. The molecule has 1 aliphatic heterocycles. The van der Waals surface area contributed by atoms with E-state index in [9.17, 15) is 0 Å². The average Bonchev–Trinajstić information content (AvgIpc) is 3.17. The van der Waals surface area contributed by atoms with E-state index < -0.39 is 0 Å². The lowest BCUT2D eigenvalue weighted by Gasteiger charge is -2.17. The van der Waals surface area contributed by atoms with E-state index >= 15 is 0 Å². The third-order valence-electron chi connectivity index (χ3n) is 3.64. The summed E-state index contributed by atoms with van der Waals surface area (Å²) in [6, 6.07) is 8.26. The number of para-hydroxylation sites is 1. The fourth-order valence-electron chi connectivity index (χ4n) is 2.18. The van der Waals surface area contributed by atoms with Gasteiger partial charge in [-0.2, -0.15) is 0 Å². The molecule has 1 N–H and O–H groups in total. The van der Waals surface area contributed by atoms with E-state index in [-0.39, 0.29) is 24.0 Å². The van der Waals surface area contributed by atoms with Crippen molar-refractivity contribution in [3.63, 3.8) is 0 Å². The molecule has 1 aromatic rings. The van der Waals surface area contributed by atoms with E-state index in [1.807, 2.05) is 6.07 Å². The van der Waals surface area contributed by atoms with Gasteiger partial charge in [-0.05, 0) is 24.8 Å². The SMILES string of the molecule is CN1CCN=C1NCc1ccccc1OCC1CC1.I. The van der Waals surface area contributed by atoms with Crippen molar-refractivity contribution < 1.29 is 4.74 Å². The predicted octanol–water partition coefficient (Wildman–Crippen LogP) is 2.48. The Hall–Kier alpha value is -0.980. The molecule has 2 aliphatic rings. The molecule has 0 saturated heterocycles. The number of benzene rings is 1. The van der Waals surface area contributed by atoms with E-state index in [4.69, 9.17) is 4.74 Å². The maximum absolute atomic E-state index is 5.91. The highest BCUT2D eigenvalue weighted by atomic mass is 127. The lowest BCUT2D eigenvalue weighted by Crippen LogP contribution is -2.35. The average molecular weight is 387 g/mol. The van der Waals surface area contributed by atoms with Gasteiger partial charge in [0.05, 0.1) is 13.2 Å². The van der Waals surface area contributed by atoms with Gasteiger partial charge in [-0.3, -0.25) is 4.99 Å². The fourth-order valence-corrected chi connectivity index (χ4v) is 2.18. The summed E-state index contributed by atoms with van der Waals surface area (Å²) >= 11 is 0. The summed E-state index contributed by atoms with van der Waals surface area (Å²) in [5, 5.41) is 3.39. The standard InChI is InChI=1S/C15H21N3O.HI/c1-18-9-8-16-15(18)17-10-13-4-2-3-5-14(13)19-11-12-6-7-12;/h2-5,12H,6-11H2,1H3,(H,16,17);1H. The molecule has 1 aliphatic carbocycles. The summed E-state index contributed by atoms with van der Waals surface area (Å²) in [4.78, 5) is 6.58. The maximum atomic E-state index is 5.91. The summed E-state index contributed by atoms with van der Waals surface area (Å²) in [6.45, 7) is 3.52. The zero-order valence-electron chi connectivity index (χ0n) is 11.8. The molecule has 0 bridgehead atoms. The van der Waals surface area contributed by atoms with Crippen LogP contribution in [0.4, 0.5) is 0 Å². The number of rotatable bonds is 5. The first-order valence-corrected chi connectivity index (χ1v) is 7.03. The van der Waals surface area contributed by atoms with Gasteiger partial charge in [0.1, 0.15) is 5.75 Å². The Morgan fingerprint density at radius 1 is 1.35 bits per heavy atom. The lowest BCUT2D eigenvalue weighted by molar-refractivity contribution is 0.296. The smallest absolute Gasteiger partial charge is 0.194 e. The van der Waals surface area contributed by atoms with Crippen LogP contribution in [0.5, 0.6) is 5.75 Å². The first-order chi connectivity index (χ1) is 9.33. The summed E-state index contributed by atoms with van der Waals surface area (Å²) in [5.74, 6) is 2.77. The molecule has 1 saturated carbocycles. The molecule has 0 amide bonds. The van der Waals surface area contributed by atoms with E-state index in [0.29, 0.717) is 0 Å². The minimum absolute atomic E-state index is 0. The molecular formula is C15H22IN3O. The van der Waals surface area contributed by atoms with E-state index in [2.05, 4.69) is 40.5 Å². The van der Waals surface area contributed by atoms with Gasteiger partial charge in [0.15, 0.2) is 5.96 Å². The van der Waals surface area contributed by atoms with E-state index in [1.54, 1.807) is 0 Å². The highest BCUT2D eigenvalue weighted by molar-refractivity contribution is 14.0. The monoisotopic (exact) mass is 387 g/mol. The van der Waals surface area contributed by atoms with Gasteiger partial charge in [-0.15, -0.1) is 24.0 Å². The number of hydrogen-bond acceptors (Lipinski definition) is 4. The summed E-state index contributed by atoms with van der Waals surface area (Å²) < 4.78 is 5.91. The van der Waals surface area contributed by atoms with Gasteiger partial charge in [0, 0.05) is 25.7 Å². The van der Waals surface area contributed by atoms with Crippen LogP contribution in [0.2, 0.25) is 0 Å². The predicted molar refractivity (Wildman–Crippen MR) is 91.8 cm³/mol. The largest absolute Gasteiger partial charge is 0.493 e. The molecule has 3 rings (SSSR count). The van der Waals surface area contributed by atoms with Crippen LogP contribution >= 0.6 is 24.0 Å². The molecule has 0 radical (unpaired) electrons. The number of nitrogens with zero attached hydrogens (tertiary/aromatic N) is 2. The molecule has 1 heterocycles. The molecule has 20 heavy (non-hydrogen) atoms. The fraction of sp³-hybridized carbons (Fsp3) is 0.533. The van der Waals surface area contributed by atoms with Crippen molar-refractivity contribution >= 4 is 29.9 Å². The number of ether oxygens (including phenoxy) is 1. The third kappa shape index (κ3) is 4.01. The maximum Gasteiger partial charge on any atom is 0.194 e. The van der Waals surface area contributed by atoms with Gasteiger partial charge in [0.25, 0.3) is 0 Å². The Kier molecular flexibility index (Phi) is 5.51. The van der Waals surface area contributed by atoms with Crippen LogP contribution in [0.3, 0.4) is 0 Å². The molecular weight excluding hydrogens is 365 g/mol. The Balaban J connectivity index is 0.00000147. The molecule has 4 nitrogen and oxygen atoms in total. The van der Waals surface area contributed by atoms with Crippen LogP contribution in [-0.2, 0) is 6.54 Å². The number of nitrogens with one attached hydrogen (secondary N) is 1. The Morgan fingerprint density at radius 3 is 2.85 bits per heavy atom. The van der Waals surface area contributed by atoms with E-state index in [0.717, 1.165) is 43.9 Å². The van der Waals surface area contributed by atoms with Crippen LogP contribution in [0.15, 0.2) is 29.3 Å². The lowest BCUT2D eigenvalue weighted by atomic mass is 10.2. The summed E-state index contributed by atoms with van der Waals surface area (Å²) in [7, 11) is 2.06. The Morgan fingerprint density at radius 2 is 2.15 bits per heavy atom. The van der Waals surface area contributed by atoms with Gasteiger partial charge < -0.3 is 15.0 Å². The highest BCUT2D eigenvalue weighted by Gasteiger charge is 2.22. The zero-order chi connectivity index (χ0) is 13.1. The second-order valence-corrected chi connectivity index (χ2v) is 5.34. The topological polar surface area (TPSA) is 36.9 Å². The van der Waals surface area contributed by atoms with Gasteiger partial charge in [-0.25, -0.2) is 0 Å². The third-order valence-corrected chi connectivity index (χ3v) is 3.64. The van der Waals surface area contributed by atoms with Crippen molar-refractivity contribution in [2.24, 2.45) is 10.9 Å². The van der Waals surface area contributed by atoms with Crippen molar-refractivity contribution in [3.05, 3.63) is 29.8 Å². The van der Waals surface area contributed by atoms with E-state index in [1.165, 1.54) is 18.4 Å². The van der Waals surface area contributed by atoms with Crippen LogP contribution in [0.25, 0.3) is 0 Å². The first kappa shape index (κ1) is 15.4.